The van der Waals surface area contributed by atoms with E-state index < -0.39 is 9.84 Å². The molecule has 6 heteroatoms. The highest BCUT2D eigenvalue weighted by atomic mass is 35.5. The molecule has 1 aliphatic rings. The van der Waals surface area contributed by atoms with Crippen LogP contribution in [0.25, 0.3) is 0 Å². The van der Waals surface area contributed by atoms with Crippen molar-refractivity contribution in [3.05, 3.63) is 21.3 Å². The molecule has 0 aliphatic carbocycles. The number of nitrogens with one attached hydrogen (secondary N) is 1. The Bertz CT molecular complexity index is 512. The molecule has 1 aromatic rings. The summed E-state index contributed by atoms with van der Waals surface area (Å²) in [5.74, 6) is 0.939. The van der Waals surface area contributed by atoms with Gasteiger partial charge in [-0.3, -0.25) is 0 Å². The Balaban J connectivity index is 2.05. The molecule has 2 heterocycles. The number of sulfone groups is 1. The first-order chi connectivity index (χ1) is 9.02. The van der Waals surface area contributed by atoms with E-state index >= 15 is 0 Å². The lowest BCUT2D eigenvalue weighted by Crippen LogP contribution is -2.24. The maximum atomic E-state index is 11.5. The molecule has 0 amide bonds. The molecule has 1 N–H and O–H groups in total. The van der Waals surface area contributed by atoms with Crippen LogP contribution in [-0.2, 0) is 9.84 Å². The highest BCUT2D eigenvalue weighted by molar-refractivity contribution is 7.91. The van der Waals surface area contributed by atoms with Gasteiger partial charge in [-0.05, 0) is 43.2 Å². The minimum Gasteiger partial charge on any atom is -0.309 e. The van der Waals surface area contributed by atoms with Gasteiger partial charge in [-0.1, -0.05) is 18.5 Å². The zero-order valence-electron chi connectivity index (χ0n) is 11.1. The minimum atomic E-state index is -2.80. The first kappa shape index (κ1) is 15.3. The number of halogens is 1. The smallest absolute Gasteiger partial charge is 0.150 e. The predicted octanol–water partition coefficient (Wildman–Crippen LogP) is 3.27. The van der Waals surface area contributed by atoms with Crippen molar-refractivity contribution < 1.29 is 8.42 Å². The summed E-state index contributed by atoms with van der Waals surface area (Å²) in [6.45, 7) is 3.05. The lowest BCUT2D eigenvalue weighted by atomic mass is 9.98. The zero-order chi connectivity index (χ0) is 13.9. The van der Waals surface area contributed by atoms with Crippen molar-refractivity contribution in [3.63, 3.8) is 0 Å². The van der Waals surface area contributed by atoms with Crippen LogP contribution in [0.4, 0.5) is 0 Å². The van der Waals surface area contributed by atoms with Gasteiger partial charge >= 0.3 is 0 Å². The van der Waals surface area contributed by atoms with Gasteiger partial charge in [0.15, 0.2) is 9.84 Å². The number of rotatable bonds is 6. The Morgan fingerprint density at radius 2 is 2.37 bits per heavy atom. The van der Waals surface area contributed by atoms with Gasteiger partial charge in [0.25, 0.3) is 0 Å². The van der Waals surface area contributed by atoms with Crippen LogP contribution in [0.1, 0.15) is 37.1 Å². The second kappa shape index (κ2) is 6.57. The molecular formula is C13H20ClNO2S2. The molecule has 1 aliphatic heterocycles. The highest BCUT2D eigenvalue weighted by Crippen LogP contribution is 2.35. The summed E-state index contributed by atoms with van der Waals surface area (Å²) in [4.78, 5) is 1.14. The molecule has 0 spiro atoms. The molecule has 1 saturated heterocycles. The van der Waals surface area contributed by atoms with Crippen LogP contribution >= 0.6 is 22.9 Å². The number of thiophene rings is 1. The Kier molecular flexibility index (Phi) is 5.29. The molecule has 0 radical (unpaired) electrons. The van der Waals surface area contributed by atoms with E-state index in [2.05, 4.69) is 12.2 Å². The van der Waals surface area contributed by atoms with Gasteiger partial charge in [-0.25, -0.2) is 8.42 Å². The molecule has 3 nitrogen and oxygen atoms in total. The van der Waals surface area contributed by atoms with E-state index in [-0.39, 0.29) is 12.0 Å². The standard InChI is InChI=1S/C13H20ClNO2S2/c1-2-5-15-12(13-11(14)3-6-18-13)8-10-4-7-19(16,17)9-10/h3,6,10,12,15H,2,4-5,7-9H2,1H3. The third-order valence-electron chi connectivity index (χ3n) is 3.50. The van der Waals surface area contributed by atoms with Crippen LogP contribution < -0.4 is 5.32 Å². The summed E-state index contributed by atoms with van der Waals surface area (Å²) >= 11 is 7.85. The van der Waals surface area contributed by atoms with Gasteiger partial charge in [0.2, 0.25) is 0 Å². The van der Waals surface area contributed by atoms with E-state index in [1.54, 1.807) is 11.3 Å². The molecule has 108 valence electrons. The number of hydrogen-bond acceptors (Lipinski definition) is 4. The summed E-state index contributed by atoms with van der Waals surface area (Å²) < 4.78 is 23.1. The first-order valence-corrected chi connectivity index (χ1v) is 9.76. The highest BCUT2D eigenvalue weighted by Gasteiger charge is 2.30. The van der Waals surface area contributed by atoms with Crippen LogP contribution in [0.15, 0.2) is 11.4 Å². The normalized spacial score (nSPS) is 23.6. The average Bonchev–Trinajstić information content (AvgIpc) is 2.91. The maximum Gasteiger partial charge on any atom is 0.150 e. The van der Waals surface area contributed by atoms with Crippen molar-refractivity contribution in [2.45, 2.75) is 32.2 Å². The number of hydrogen-bond donors (Lipinski definition) is 1. The summed E-state index contributed by atoms with van der Waals surface area (Å²) in [6.07, 6.45) is 2.71. The van der Waals surface area contributed by atoms with Crippen LogP contribution in [0.5, 0.6) is 0 Å². The summed E-state index contributed by atoms with van der Waals surface area (Å²) in [5.41, 5.74) is 0. The van der Waals surface area contributed by atoms with Gasteiger partial charge in [0.1, 0.15) is 0 Å². The van der Waals surface area contributed by atoms with Crippen LogP contribution in [0.2, 0.25) is 5.02 Å². The molecule has 2 rings (SSSR count). The Hall–Kier alpha value is -0.100. The Morgan fingerprint density at radius 3 is 2.89 bits per heavy atom. The van der Waals surface area contributed by atoms with E-state index in [9.17, 15) is 8.42 Å². The van der Waals surface area contributed by atoms with Crippen molar-refractivity contribution in [1.29, 1.82) is 0 Å². The van der Waals surface area contributed by atoms with Gasteiger partial charge in [-0.2, -0.15) is 0 Å². The van der Waals surface area contributed by atoms with Gasteiger partial charge in [0, 0.05) is 10.9 Å². The van der Waals surface area contributed by atoms with E-state index in [1.165, 1.54) is 0 Å². The Labute approximate surface area is 124 Å². The van der Waals surface area contributed by atoms with E-state index in [4.69, 9.17) is 11.6 Å². The van der Waals surface area contributed by atoms with Gasteiger partial charge in [0.05, 0.1) is 16.5 Å². The molecule has 0 saturated carbocycles. The summed E-state index contributed by atoms with van der Waals surface area (Å²) in [7, 11) is -2.80. The molecule has 2 unspecified atom stereocenters. The fraction of sp³-hybridized carbons (Fsp3) is 0.692. The van der Waals surface area contributed by atoms with Gasteiger partial charge in [-0.15, -0.1) is 11.3 Å². The summed E-state index contributed by atoms with van der Waals surface area (Å²) in [6, 6.07) is 2.10. The van der Waals surface area contributed by atoms with E-state index in [1.807, 2.05) is 11.4 Å². The van der Waals surface area contributed by atoms with Crippen molar-refractivity contribution in [1.82, 2.24) is 5.32 Å². The largest absolute Gasteiger partial charge is 0.309 e. The second-order valence-electron chi connectivity index (χ2n) is 5.14. The van der Waals surface area contributed by atoms with Crippen molar-refractivity contribution in [2.75, 3.05) is 18.1 Å². The molecule has 0 aromatic carbocycles. The minimum absolute atomic E-state index is 0.186. The van der Waals surface area contributed by atoms with Crippen molar-refractivity contribution in [3.8, 4) is 0 Å². The SMILES string of the molecule is CCCNC(CC1CCS(=O)(=O)C1)c1sccc1Cl. The molecule has 2 atom stereocenters. The quantitative estimate of drug-likeness (QED) is 0.874. The fourth-order valence-electron chi connectivity index (χ4n) is 2.55. The molecule has 1 aromatic heterocycles. The van der Waals surface area contributed by atoms with Crippen LogP contribution in [0.3, 0.4) is 0 Å². The lowest BCUT2D eigenvalue weighted by Gasteiger charge is -2.20. The van der Waals surface area contributed by atoms with E-state index in [0.29, 0.717) is 11.5 Å². The monoisotopic (exact) mass is 321 g/mol. The molecule has 0 bridgehead atoms. The molecule has 1 fully saturated rings. The van der Waals surface area contributed by atoms with E-state index in [0.717, 1.165) is 35.7 Å². The van der Waals surface area contributed by atoms with Crippen LogP contribution in [0, 0.1) is 5.92 Å². The van der Waals surface area contributed by atoms with Crippen molar-refractivity contribution in [2.24, 2.45) is 5.92 Å². The molecular weight excluding hydrogens is 302 g/mol. The van der Waals surface area contributed by atoms with Crippen LogP contribution in [-0.4, -0.2) is 26.5 Å². The third kappa shape index (κ3) is 4.18. The lowest BCUT2D eigenvalue weighted by molar-refractivity contribution is 0.419. The second-order valence-corrected chi connectivity index (χ2v) is 8.73. The average molecular weight is 322 g/mol. The zero-order valence-corrected chi connectivity index (χ0v) is 13.5. The van der Waals surface area contributed by atoms with Crippen molar-refractivity contribution >= 4 is 32.8 Å². The first-order valence-electron chi connectivity index (χ1n) is 6.68. The summed E-state index contributed by atoms with van der Waals surface area (Å²) in [5, 5.41) is 6.28. The van der Waals surface area contributed by atoms with Gasteiger partial charge < -0.3 is 5.32 Å². The maximum absolute atomic E-state index is 11.5. The topological polar surface area (TPSA) is 46.2 Å². The third-order valence-corrected chi connectivity index (χ3v) is 6.81. The molecule has 19 heavy (non-hydrogen) atoms. The Morgan fingerprint density at radius 1 is 1.58 bits per heavy atom. The predicted molar refractivity (Wildman–Crippen MR) is 81.7 cm³/mol. The fourth-order valence-corrected chi connectivity index (χ4v) is 5.71.